The second kappa shape index (κ2) is 7.39. The first-order valence-electron chi connectivity index (χ1n) is 7.06. The summed E-state index contributed by atoms with van der Waals surface area (Å²) in [5.41, 5.74) is 1.38. The van der Waals surface area contributed by atoms with Gasteiger partial charge in [0.1, 0.15) is 12.4 Å². The molecule has 0 aliphatic rings. The Balaban J connectivity index is 1.69. The first kappa shape index (κ1) is 16.4. The number of rotatable bonds is 6. The first-order valence-corrected chi connectivity index (χ1v) is 8.28. The van der Waals surface area contributed by atoms with Crippen LogP contribution in [0.1, 0.15) is 17.6 Å². The van der Waals surface area contributed by atoms with E-state index in [9.17, 15) is 8.78 Å². The van der Waals surface area contributed by atoms with Crippen molar-refractivity contribution >= 4 is 11.8 Å². The van der Waals surface area contributed by atoms with Crippen molar-refractivity contribution in [2.75, 3.05) is 6.26 Å². The lowest BCUT2D eigenvalue weighted by atomic mass is 10.2. The molecule has 0 fully saturated rings. The Morgan fingerprint density at radius 1 is 1.21 bits per heavy atom. The fourth-order valence-electron chi connectivity index (χ4n) is 2.10. The Kier molecular flexibility index (Phi) is 5.05. The number of nitrogens with one attached hydrogen (secondary N) is 1. The van der Waals surface area contributed by atoms with Gasteiger partial charge in [0, 0.05) is 22.9 Å². The van der Waals surface area contributed by atoms with Crippen LogP contribution in [0.15, 0.2) is 47.9 Å². The van der Waals surface area contributed by atoms with Gasteiger partial charge in [-0.25, -0.2) is 8.78 Å². The largest absolute Gasteiger partial charge is 0.487 e. The van der Waals surface area contributed by atoms with Gasteiger partial charge < -0.3 is 4.74 Å². The number of hydrogen-bond acceptors (Lipinski definition) is 5. The van der Waals surface area contributed by atoms with Crippen molar-refractivity contribution in [1.82, 2.24) is 20.2 Å². The fourth-order valence-corrected chi connectivity index (χ4v) is 2.54. The predicted molar refractivity (Wildman–Crippen MR) is 87.1 cm³/mol. The van der Waals surface area contributed by atoms with Crippen molar-refractivity contribution in [1.29, 1.82) is 0 Å². The molecule has 0 saturated carbocycles. The maximum Gasteiger partial charge on any atom is 0.267 e. The van der Waals surface area contributed by atoms with Crippen LogP contribution in [0.25, 0.3) is 11.4 Å². The third-order valence-electron chi connectivity index (χ3n) is 3.31. The van der Waals surface area contributed by atoms with Crippen molar-refractivity contribution in [3.05, 3.63) is 54.1 Å². The molecule has 0 aromatic carbocycles. The Hall–Kier alpha value is -2.48. The molecule has 3 rings (SSSR count). The van der Waals surface area contributed by atoms with Crippen LogP contribution < -0.4 is 4.74 Å². The Bertz CT molecular complexity index is 808. The summed E-state index contributed by atoms with van der Waals surface area (Å²) >= 11 is 1.61. The van der Waals surface area contributed by atoms with Gasteiger partial charge in [0.15, 0.2) is 0 Å². The molecule has 8 heteroatoms. The zero-order valence-electron chi connectivity index (χ0n) is 12.7. The number of aromatic nitrogens is 4. The van der Waals surface area contributed by atoms with E-state index in [2.05, 4.69) is 20.2 Å². The van der Waals surface area contributed by atoms with Crippen LogP contribution >= 0.6 is 11.8 Å². The van der Waals surface area contributed by atoms with E-state index in [-0.39, 0.29) is 11.3 Å². The molecule has 0 aliphatic heterocycles. The van der Waals surface area contributed by atoms with E-state index in [0.29, 0.717) is 18.1 Å². The molecule has 3 aromatic rings. The van der Waals surface area contributed by atoms with Crippen LogP contribution in [0.5, 0.6) is 5.75 Å². The van der Waals surface area contributed by atoms with Gasteiger partial charge in [-0.05, 0) is 24.5 Å². The van der Waals surface area contributed by atoms with Crippen LogP contribution in [-0.2, 0) is 6.61 Å². The topological polar surface area (TPSA) is 63.7 Å². The molecule has 3 heterocycles. The number of ether oxygens (including phenoxy) is 1. The normalized spacial score (nSPS) is 11.0. The minimum Gasteiger partial charge on any atom is -0.487 e. The number of alkyl halides is 2. The Morgan fingerprint density at radius 3 is 2.79 bits per heavy atom. The molecule has 1 N–H and O–H groups in total. The van der Waals surface area contributed by atoms with Crippen molar-refractivity contribution in [3.8, 4) is 17.1 Å². The molecule has 24 heavy (non-hydrogen) atoms. The third-order valence-corrected chi connectivity index (χ3v) is 4.00. The van der Waals surface area contributed by atoms with Crippen LogP contribution in [0.2, 0.25) is 0 Å². The number of aromatic amines is 1. The highest BCUT2D eigenvalue weighted by atomic mass is 32.2. The molecule has 124 valence electrons. The quantitative estimate of drug-likeness (QED) is 0.679. The predicted octanol–water partition coefficient (Wildman–Crippen LogP) is 4.11. The van der Waals surface area contributed by atoms with Crippen molar-refractivity contribution in [3.63, 3.8) is 0 Å². The molecule has 0 amide bonds. The fraction of sp³-hybridized carbons (Fsp3) is 0.188. The highest BCUT2D eigenvalue weighted by Crippen LogP contribution is 2.28. The van der Waals surface area contributed by atoms with Crippen LogP contribution in [0.4, 0.5) is 8.78 Å². The Labute approximate surface area is 141 Å². The van der Waals surface area contributed by atoms with Gasteiger partial charge in [-0.1, -0.05) is 0 Å². The zero-order valence-corrected chi connectivity index (χ0v) is 13.6. The molecule has 0 aliphatic carbocycles. The number of hydrogen-bond donors (Lipinski definition) is 1. The van der Waals surface area contributed by atoms with E-state index < -0.39 is 6.43 Å². The van der Waals surface area contributed by atoms with E-state index >= 15 is 0 Å². The molecule has 0 spiro atoms. The summed E-state index contributed by atoms with van der Waals surface area (Å²) in [5.74, 6) is 0.548. The van der Waals surface area contributed by atoms with E-state index in [4.69, 9.17) is 4.74 Å². The zero-order chi connectivity index (χ0) is 16.9. The summed E-state index contributed by atoms with van der Waals surface area (Å²) in [6, 6.07) is 5.30. The number of halogens is 2. The third kappa shape index (κ3) is 3.70. The maximum atomic E-state index is 12.9. The molecule has 0 saturated heterocycles. The van der Waals surface area contributed by atoms with Gasteiger partial charge >= 0.3 is 0 Å². The summed E-state index contributed by atoms with van der Waals surface area (Å²) in [5, 5.41) is 6.20. The minimum absolute atomic E-state index is 0.170. The van der Waals surface area contributed by atoms with Gasteiger partial charge in [-0.15, -0.1) is 11.8 Å². The number of thioether (sulfide) groups is 1. The van der Waals surface area contributed by atoms with E-state index in [1.807, 2.05) is 12.3 Å². The molecule has 5 nitrogen and oxygen atoms in total. The van der Waals surface area contributed by atoms with Crippen molar-refractivity contribution < 1.29 is 13.5 Å². The molecule has 3 aromatic heterocycles. The summed E-state index contributed by atoms with van der Waals surface area (Å²) in [7, 11) is 0. The molecule has 0 radical (unpaired) electrons. The second-order valence-electron chi connectivity index (χ2n) is 4.90. The average Bonchev–Trinajstić information content (AvgIpc) is 3.10. The number of pyridine rings is 2. The second-order valence-corrected chi connectivity index (χ2v) is 5.78. The van der Waals surface area contributed by atoms with Crippen LogP contribution in [-0.4, -0.2) is 26.4 Å². The van der Waals surface area contributed by atoms with E-state index in [1.165, 1.54) is 6.20 Å². The lowest BCUT2D eigenvalue weighted by Gasteiger charge is -2.07. The maximum absolute atomic E-state index is 12.9. The van der Waals surface area contributed by atoms with Gasteiger partial charge in [0.2, 0.25) is 0 Å². The van der Waals surface area contributed by atoms with Gasteiger partial charge in [-0.2, -0.15) is 5.10 Å². The number of H-pyrrole nitrogens is 1. The lowest BCUT2D eigenvalue weighted by molar-refractivity contribution is 0.152. The van der Waals surface area contributed by atoms with Gasteiger partial charge in [0.25, 0.3) is 6.43 Å². The van der Waals surface area contributed by atoms with Crippen LogP contribution in [0.3, 0.4) is 0 Å². The van der Waals surface area contributed by atoms with Crippen molar-refractivity contribution in [2.24, 2.45) is 0 Å². The van der Waals surface area contributed by atoms with Crippen LogP contribution in [0, 0.1) is 0 Å². The standard InChI is InChI=1S/C16H14F2N4OS/c1-24-12-4-10(5-19-7-12)9-23-11-2-3-14(20-6-11)15-13(16(17)18)8-21-22-15/h2-8,16H,9H2,1H3,(H,21,22). The van der Waals surface area contributed by atoms with Gasteiger partial charge in [0.05, 0.1) is 29.3 Å². The van der Waals surface area contributed by atoms with E-state index in [0.717, 1.165) is 16.7 Å². The smallest absolute Gasteiger partial charge is 0.267 e. The molecule has 0 unspecified atom stereocenters. The summed E-state index contributed by atoms with van der Waals surface area (Å²) in [4.78, 5) is 9.36. The minimum atomic E-state index is -2.60. The first-order chi connectivity index (χ1) is 11.7. The monoisotopic (exact) mass is 348 g/mol. The van der Waals surface area contributed by atoms with E-state index in [1.54, 1.807) is 36.3 Å². The molecular formula is C16H14F2N4OS. The molecule has 0 atom stereocenters. The van der Waals surface area contributed by atoms with Crippen molar-refractivity contribution in [2.45, 2.75) is 17.9 Å². The average molecular weight is 348 g/mol. The summed E-state index contributed by atoms with van der Waals surface area (Å²) in [6.45, 7) is 0.356. The highest BCUT2D eigenvalue weighted by molar-refractivity contribution is 7.98. The van der Waals surface area contributed by atoms with Gasteiger partial charge in [-0.3, -0.25) is 15.1 Å². The highest BCUT2D eigenvalue weighted by Gasteiger charge is 2.17. The lowest BCUT2D eigenvalue weighted by Crippen LogP contribution is -1.97. The summed E-state index contributed by atoms with van der Waals surface area (Å²) in [6.07, 6.45) is 5.51. The molecular weight excluding hydrogens is 334 g/mol. The molecule has 0 bridgehead atoms. The number of nitrogens with zero attached hydrogens (tertiary/aromatic N) is 3. The summed E-state index contributed by atoms with van der Waals surface area (Å²) < 4.78 is 31.4. The SMILES string of the molecule is CSc1cncc(COc2ccc(-c3[nH]ncc3C(F)F)nc2)c1. The Morgan fingerprint density at radius 2 is 2.08 bits per heavy atom.